The standard InChI is InChI=1S/C15H19N3O2/c1-9-4-5-13-12(8-9)10(2)14(18-13)15(20)17-7-6-16-11(3)19/h4-5,8,18H,6-7H2,1-3H3,(H,16,19)(H,17,20). The van der Waals surface area contributed by atoms with Crippen LogP contribution in [0.15, 0.2) is 18.2 Å². The first-order valence-electron chi connectivity index (χ1n) is 6.60. The van der Waals surface area contributed by atoms with E-state index in [-0.39, 0.29) is 11.8 Å². The predicted molar refractivity (Wildman–Crippen MR) is 78.8 cm³/mol. The first-order valence-corrected chi connectivity index (χ1v) is 6.60. The largest absolute Gasteiger partial charge is 0.355 e. The number of carbonyl (C=O) groups excluding carboxylic acids is 2. The molecule has 1 heterocycles. The zero-order valence-corrected chi connectivity index (χ0v) is 12.0. The van der Waals surface area contributed by atoms with Crippen LogP contribution in [0.25, 0.3) is 10.9 Å². The summed E-state index contributed by atoms with van der Waals surface area (Å²) in [6, 6.07) is 6.05. The monoisotopic (exact) mass is 273 g/mol. The summed E-state index contributed by atoms with van der Waals surface area (Å²) in [7, 11) is 0. The second-order valence-electron chi connectivity index (χ2n) is 4.91. The van der Waals surface area contributed by atoms with Crippen LogP contribution in [0.3, 0.4) is 0 Å². The maximum absolute atomic E-state index is 12.1. The van der Waals surface area contributed by atoms with Crippen LogP contribution in [0.4, 0.5) is 0 Å². The van der Waals surface area contributed by atoms with E-state index in [4.69, 9.17) is 0 Å². The molecule has 0 aliphatic heterocycles. The lowest BCUT2D eigenvalue weighted by molar-refractivity contribution is -0.118. The number of carbonyl (C=O) groups is 2. The van der Waals surface area contributed by atoms with Crippen LogP contribution in [0, 0.1) is 13.8 Å². The fraction of sp³-hybridized carbons (Fsp3) is 0.333. The van der Waals surface area contributed by atoms with Gasteiger partial charge in [-0.25, -0.2) is 0 Å². The molecule has 0 radical (unpaired) electrons. The maximum Gasteiger partial charge on any atom is 0.268 e. The minimum absolute atomic E-state index is 0.100. The minimum atomic E-state index is -0.151. The number of aromatic nitrogens is 1. The Labute approximate surface area is 117 Å². The Kier molecular flexibility index (Phi) is 4.08. The summed E-state index contributed by atoms with van der Waals surface area (Å²) in [6.45, 7) is 6.25. The summed E-state index contributed by atoms with van der Waals surface area (Å²) < 4.78 is 0. The Balaban J connectivity index is 2.10. The maximum atomic E-state index is 12.1. The molecular weight excluding hydrogens is 254 g/mol. The van der Waals surface area contributed by atoms with E-state index < -0.39 is 0 Å². The lowest BCUT2D eigenvalue weighted by Crippen LogP contribution is -2.34. The van der Waals surface area contributed by atoms with E-state index in [0.717, 1.165) is 22.0 Å². The highest BCUT2D eigenvalue weighted by atomic mass is 16.2. The molecule has 0 aliphatic rings. The van der Waals surface area contributed by atoms with Crippen molar-refractivity contribution in [3.8, 4) is 0 Å². The number of H-pyrrole nitrogens is 1. The highest BCUT2D eigenvalue weighted by molar-refractivity contribution is 6.01. The van der Waals surface area contributed by atoms with Crippen LogP contribution in [-0.2, 0) is 4.79 Å². The summed E-state index contributed by atoms with van der Waals surface area (Å²) in [5.41, 5.74) is 3.64. The van der Waals surface area contributed by atoms with Gasteiger partial charge in [-0.1, -0.05) is 11.6 Å². The molecule has 0 fully saturated rings. The molecule has 20 heavy (non-hydrogen) atoms. The summed E-state index contributed by atoms with van der Waals surface area (Å²) >= 11 is 0. The van der Waals surface area contributed by atoms with E-state index in [1.165, 1.54) is 6.92 Å². The van der Waals surface area contributed by atoms with Crippen molar-refractivity contribution in [3.63, 3.8) is 0 Å². The average Bonchev–Trinajstić information content (AvgIpc) is 2.72. The number of rotatable bonds is 4. The molecule has 0 saturated heterocycles. The summed E-state index contributed by atoms with van der Waals surface area (Å²) in [5, 5.41) is 6.49. The van der Waals surface area contributed by atoms with Gasteiger partial charge in [0.2, 0.25) is 5.91 Å². The number of nitrogens with one attached hydrogen (secondary N) is 3. The minimum Gasteiger partial charge on any atom is -0.355 e. The van der Waals surface area contributed by atoms with Crippen molar-refractivity contribution in [1.29, 1.82) is 0 Å². The third kappa shape index (κ3) is 2.99. The van der Waals surface area contributed by atoms with E-state index in [1.54, 1.807) is 0 Å². The average molecular weight is 273 g/mol. The third-order valence-corrected chi connectivity index (χ3v) is 3.23. The van der Waals surface area contributed by atoms with Gasteiger partial charge in [-0.15, -0.1) is 0 Å². The Bertz CT molecular complexity index is 658. The van der Waals surface area contributed by atoms with Crippen LogP contribution < -0.4 is 10.6 Å². The molecule has 3 N–H and O–H groups in total. The van der Waals surface area contributed by atoms with Gasteiger partial charge in [0.25, 0.3) is 5.91 Å². The molecule has 0 spiro atoms. The Morgan fingerprint density at radius 2 is 1.85 bits per heavy atom. The number of benzene rings is 1. The summed E-state index contributed by atoms with van der Waals surface area (Å²) in [6.07, 6.45) is 0. The van der Waals surface area contributed by atoms with Crippen LogP contribution in [0.1, 0.15) is 28.5 Å². The SMILES string of the molecule is CC(=O)NCCNC(=O)c1[nH]c2ccc(C)cc2c1C. The second-order valence-corrected chi connectivity index (χ2v) is 4.91. The molecule has 106 valence electrons. The number of aromatic amines is 1. The first-order chi connectivity index (χ1) is 9.49. The third-order valence-electron chi connectivity index (χ3n) is 3.23. The van der Waals surface area contributed by atoms with Crippen LogP contribution in [0.5, 0.6) is 0 Å². The highest BCUT2D eigenvalue weighted by Crippen LogP contribution is 2.22. The van der Waals surface area contributed by atoms with Crippen molar-refractivity contribution < 1.29 is 9.59 Å². The van der Waals surface area contributed by atoms with Crippen molar-refractivity contribution >= 4 is 22.7 Å². The first kappa shape index (κ1) is 14.1. The fourth-order valence-corrected chi connectivity index (χ4v) is 2.17. The van der Waals surface area contributed by atoms with Gasteiger partial charge >= 0.3 is 0 Å². The van der Waals surface area contributed by atoms with Crippen LogP contribution in [-0.4, -0.2) is 29.9 Å². The zero-order chi connectivity index (χ0) is 14.7. The molecule has 0 atom stereocenters. The normalized spacial score (nSPS) is 10.6. The molecule has 5 heteroatoms. The van der Waals surface area contributed by atoms with Gasteiger partial charge < -0.3 is 15.6 Å². The van der Waals surface area contributed by atoms with Gasteiger partial charge in [-0.3, -0.25) is 9.59 Å². The second kappa shape index (κ2) is 5.77. The van der Waals surface area contributed by atoms with E-state index in [2.05, 4.69) is 21.7 Å². The topological polar surface area (TPSA) is 74.0 Å². The van der Waals surface area contributed by atoms with E-state index in [0.29, 0.717) is 18.8 Å². The Morgan fingerprint density at radius 3 is 2.55 bits per heavy atom. The molecule has 0 saturated carbocycles. The van der Waals surface area contributed by atoms with E-state index in [1.807, 2.05) is 26.0 Å². The molecule has 1 aromatic heterocycles. The molecular formula is C15H19N3O2. The van der Waals surface area contributed by atoms with Crippen molar-refractivity contribution in [3.05, 3.63) is 35.0 Å². The number of aryl methyl sites for hydroxylation is 2. The summed E-state index contributed by atoms with van der Waals surface area (Å²) in [5.74, 6) is -0.252. The quantitative estimate of drug-likeness (QED) is 0.741. The number of hydrogen-bond donors (Lipinski definition) is 3. The zero-order valence-electron chi connectivity index (χ0n) is 12.0. The Hall–Kier alpha value is -2.30. The number of hydrogen-bond acceptors (Lipinski definition) is 2. The van der Waals surface area contributed by atoms with Gasteiger partial charge in [0.15, 0.2) is 0 Å². The van der Waals surface area contributed by atoms with Gasteiger partial charge in [0.05, 0.1) is 0 Å². The molecule has 0 unspecified atom stereocenters. The molecule has 0 aliphatic carbocycles. The van der Waals surface area contributed by atoms with Crippen LogP contribution >= 0.6 is 0 Å². The Morgan fingerprint density at radius 1 is 1.15 bits per heavy atom. The van der Waals surface area contributed by atoms with Crippen molar-refractivity contribution in [2.75, 3.05) is 13.1 Å². The predicted octanol–water partition coefficient (Wildman–Crippen LogP) is 1.65. The van der Waals surface area contributed by atoms with Crippen LogP contribution in [0.2, 0.25) is 0 Å². The van der Waals surface area contributed by atoms with E-state index >= 15 is 0 Å². The molecule has 0 bridgehead atoms. The molecule has 2 rings (SSSR count). The molecule has 2 aromatic rings. The van der Waals surface area contributed by atoms with Gasteiger partial charge in [0, 0.05) is 30.9 Å². The lowest BCUT2D eigenvalue weighted by atomic mass is 10.1. The number of fused-ring (bicyclic) bond motifs is 1. The van der Waals surface area contributed by atoms with E-state index in [9.17, 15) is 9.59 Å². The molecule has 1 aromatic carbocycles. The van der Waals surface area contributed by atoms with Gasteiger partial charge in [-0.05, 0) is 31.5 Å². The summed E-state index contributed by atoms with van der Waals surface area (Å²) in [4.78, 5) is 26.0. The molecule has 2 amide bonds. The highest BCUT2D eigenvalue weighted by Gasteiger charge is 2.14. The fourth-order valence-electron chi connectivity index (χ4n) is 2.17. The van der Waals surface area contributed by atoms with Crippen molar-refractivity contribution in [2.24, 2.45) is 0 Å². The lowest BCUT2D eigenvalue weighted by Gasteiger charge is -2.05. The van der Waals surface area contributed by atoms with Gasteiger partial charge in [-0.2, -0.15) is 0 Å². The van der Waals surface area contributed by atoms with Gasteiger partial charge in [0.1, 0.15) is 5.69 Å². The molecule has 5 nitrogen and oxygen atoms in total. The van der Waals surface area contributed by atoms with Crippen molar-refractivity contribution in [2.45, 2.75) is 20.8 Å². The number of amides is 2. The van der Waals surface area contributed by atoms with Crippen molar-refractivity contribution in [1.82, 2.24) is 15.6 Å². The smallest absolute Gasteiger partial charge is 0.268 e.